The zero-order valence-electron chi connectivity index (χ0n) is 14.8. The smallest absolute Gasteiger partial charge is 0.273 e. The van der Waals surface area contributed by atoms with E-state index in [2.05, 4.69) is 18.3 Å². The van der Waals surface area contributed by atoms with Crippen LogP contribution in [0.1, 0.15) is 34.1 Å². The maximum atomic E-state index is 13.7. The third-order valence-corrected chi connectivity index (χ3v) is 3.37. The van der Waals surface area contributed by atoms with Gasteiger partial charge in [0.15, 0.2) is 0 Å². The van der Waals surface area contributed by atoms with Crippen LogP contribution in [0.5, 0.6) is 0 Å². The van der Waals surface area contributed by atoms with Gasteiger partial charge in [-0.15, -0.1) is 0 Å². The van der Waals surface area contributed by atoms with E-state index in [-0.39, 0.29) is 0 Å². The number of hydrogen-bond donors (Lipinski definition) is 0. The summed E-state index contributed by atoms with van der Waals surface area (Å²) < 4.78 is 51.1. The molecule has 0 fully saturated rings. The summed E-state index contributed by atoms with van der Waals surface area (Å²) in [5.74, 6) is -0.432. The maximum absolute atomic E-state index is 13.7. The quantitative estimate of drug-likeness (QED) is 0.236. The van der Waals surface area contributed by atoms with Crippen molar-refractivity contribution in [2.45, 2.75) is 40.3 Å². The van der Waals surface area contributed by atoms with Crippen LogP contribution in [0.2, 0.25) is 0 Å². The highest BCUT2D eigenvalue weighted by Gasteiger charge is 2.32. The van der Waals surface area contributed by atoms with Crippen molar-refractivity contribution in [1.29, 1.82) is 0 Å². The van der Waals surface area contributed by atoms with E-state index < -0.39 is 17.7 Å². The molecule has 2 nitrogen and oxygen atoms in total. The molecule has 0 saturated carbocycles. The van der Waals surface area contributed by atoms with Gasteiger partial charge in [0.2, 0.25) is 0 Å². The van der Waals surface area contributed by atoms with Gasteiger partial charge < -0.3 is 0 Å². The first-order valence-electron chi connectivity index (χ1n) is 7.36. The topological polar surface area (TPSA) is 15.6 Å². The molecule has 6 heteroatoms. The molecule has 134 valence electrons. The monoisotopic (exact) mass is 344 g/mol. The van der Waals surface area contributed by atoms with Crippen molar-refractivity contribution in [3.63, 3.8) is 0 Å². The standard InChI is InChI=1S/C18H24F4N2/c1-8-12(2)17(19)11-14(4)13(3)9-10-15(5)24(7)23-16(6)18(20,21)22/h9-11H,2,4,8H2,1,3,5-7H3. The molecule has 0 N–H and O–H groups in total. The van der Waals surface area contributed by atoms with E-state index in [4.69, 9.17) is 0 Å². The predicted octanol–water partition coefficient (Wildman–Crippen LogP) is 6.08. The van der Waals surface area contributed by atoms with Crippen molar-refractivity contribution in [2.24, 2.45) is 5.10 Å². The van der Waals surface area contributed by atoms with E-state index in [1.165, 1.54) is 13.1 Å². The average Bonchev–Trinajstić information content (AvgIpc) is 2.49. The van der Waals surface area contributed by atoms with Crippen LogP contribution in [0.3, 0.4) is 0 Å². The lowest BCUT2D eigenvalue weighted by atomic mass is 10.1. The SMILES string of the molecule is C=C(C=C(F)C(=C)CC)C(C)=CC=C(C)N(C)N=C(C)C(F)(F)F. The largest absolute Gasteiger partial charge is 0.430 e. The van der Waals surface area contributed by atoms with E-state index in [1.54, 1.807) is 32.9 Å². The molecule has 0 atom stereocenters. The molecule has 0 aliphatic rings. The van der Waals surface area contributed by atoms with E-state index in [0.29, 0.717) is 28.8 Å². The van der Waals surface area contributed by atoms with Crippen molar-refractivity contribution in [3.05, 3.63) is 59.6 Å². The number of halogens is 4. The second-order valence-corrected chi connectivity index (χ2v) is 5.34. The van der Waals surface area contributed by atoms with Crippen LogP contribution in [0.4, 0.5) is 17.6 Å². The van der Waals surface area contributed by atoms with E-state index in [1.807, 2.05) is 0 Å². The first-order valence-corrected chi connectivity index (χ1v) is 7.36. The van der Waals surface area contributed by atoms with Crippen LogP contribution in [0, 0.1) is 0 Å². The number of hydrazone groups is 1. The number of rotatable bonds is 7. The summed E-state index contributed by atoms with van der Waals surface area (Å²) in [6.07, 6.45) is 0.562. The molecule has 0 rings (SSSR count). The van der Waals surface area contributed by atoms with Crippen molar-refractivity contribution in [1.82, 2.24) is 5.01 Å². The zero-order chi connectivity index (χ0) is 19.1. The Morgan fingerprint density at radius 3 is 2.12 bits per heavy atom. The molecule has 0 aromatic carbocycles. The number of hydrogen-bond acceptors (Lipinski definition) is 2. The summed E-state index contributed by atoms with van der Waals surface area (Å²) in [6.45, 7) is 13.4. The van der Waals surface area contributed by atoms with Crippen molar-refractivity contribution in [2.75, 3.05) is 7.05 Å². The van der Waals surface area contributed by atoms with Crippen LogP contribution >= 0.6 is 0 Å². The van der Waals surface area contributed by atoms with Crippen molar-refractivity contribution >= 4 is 5.71 Å². The van der Waals surface area contributed by atoms with Crippen molar-refractivity contribution < 1.29 is 17.6 Å². The molecule has 0 heterocycles. The Kier molecular flexibility index (Phi) is 8.44. The number of allylic oxidation sites excluding steroid dienone is 8. The summed E-state index contributed by atoms with van der Waals surface area (Å²) in [6, 6.07) is 0. The summed E-state index contributed by atoms with van der Waals surface area (Å²) in [5, 5.41) is 4.60. The third kappa shape index (κ3) is 7.44. The van der Waals surface area contributed by atoms with Crippen LogP contribution in [0.15, 0.2) is 64.7 Å². The van der Waals surface area contributed by atoms with Gasteiger partial charge in [-0.25, -0.2) is 4.39 Å². The molecule has 24 heavy (non-hydrogen) atoms. The van der Waals surface area contributed by atoms with Crippen molar-refractivity contribution in [3.8, 4) is 0 Å². The lowest BCUT2D eigenvalue weighted by Gasteiger charge is -2.16. The van der Waals surface area contributed by atoms with Gasteiger partial charge in [-0.3, -0.25) is 5.01 Å². The van der Waals surface area contributed by atoms with Gasteiger partial charge in [0.1, 0.15) is 11.5 Å². The lowest BCUT2D eigenvalue weighted by Crippen LogP contribution is -2.23. The minimum Gasteiger partial charge on any atom is -0.273 e. The Bertz CT molecular complexity index is 605. The summed E-state index contributed by atoms with van der Waals surface area (Å²) >= 11 is 0. The average molecular weight is 344 g/mol. The highest BCUT2D eigenvalue weighted by atomic mass is 19.4. The Morgan fingerprint density at radius 2 is 1.67 bits per heavy atom. The van der Waals surface area contributed by atoms with Crippen LogP contribution in [0.25, 0.3) is 0 Å². The highest BCUT2D eigenvalue weighted by Crippen LogP contribution is 2.20. The minimum atomic E-state index is -4.46. The fraction of sp³-hybridized carbons (Fsp3) is 0.389. The second kappa shape index (κ2) is 9.25. The number of nitrogens with zero attached hydrogens (tertiary/aromatic N) is 2. The molecule has 0 aromatic rings. The molecule has 0 saturated heterocycles. The van der Waals surface area contributed by atoms with Crippen LogP contribution < -0.4 is 0 Å². The summed E-state index contributed by atoms with van der Waals surface area (Å²) in [4.78, 5) is 0. The molecular weight excluding hydrogens is 320 g/mol. The number of alkyl halides is 3. The van der Waals surface area contributed by atoms with E-state index >= 15 is 0 Å². The fourth-order valence-electron chi connectivity index (χ4n) is 1.36. The molecule has 0 aromatic heterocycles. The summed E-state index contributed by atoms with van der Waals surface area (Å²) in [7, 11) is 1.42. The van der Waals surface area contributed by atoms with Gasteiger partial charge in [0.05, 0.1) is 0 Å². The zero-order valence-corrected chi connectivity index (χ0v) is 14.8. The Morgan fingerprint density at radius 1 is 1.12 bits per heavy atom. The molecule has 0 bridgehead atoms. The van der Waals surface area contributed by atoms with Crippen LogP contribution in [-0.2, 0) is 0 Å². The van der Waals surface area contributed by atoms with Gasteiger partial charge in [-0.2, -0.15) is 18.3 Å². The Hall–Kier alpha value is -2.11. The van der Waals surface area contributed by atoms with Gasteiger partial charge in [-0.1, -0.05) is 26.2 Å². The normalized spacial score (nSPS) is 14.7. The molecule has 0 unspecified atom stereocenters. The predicted molar refractivity (Wildman–Crippen MR) is 92.2 cm³/mol. The van der Waals surface area contributed by atoms with Crippen LogP contribution in [-0.4, -0.2) is 23.9 Å². The Balaban J connectivity index is 5.17. The minimum absolute atomic E-state index is 0.382. The molecular formula is C18H24F4N2. The lowest BCUT2D eigenvalue weighted by molar-refractivity contribution is -0.0603. The summed E-state index contributed by atoms with van der Waals surface area (Å²) in [5.41, 5.74) is 1.08. The van der Waals surface area contributed by atoms with Gasteiger partial charge in [-0.05, 0) is 56.1 Å². The maximum Gasteiger partial charge on any atom is 0.430 e. The molecule has 0 radical (unpaired) electrons. The highest BCUT2D eigenvalue weighted by molar-refractivity contribution is 5.87. The van der Waals surface area contributed by atoms with Gasteiger partial charge in [0.25, 0.3) is 0 Å². The molecule has 0 aliphatic carbocycles. The van der Waals surface area contributed by atoms with Gasteiger partial charge >= 0.3 is 6.18 Å². The first kappa shape index (κ1) is 21.9. The molecule has 0 amide bonds. The second-order valence-electron chi connectivity index (χ2n) is 5.34. The van der Waals surface area contributed by atoms with E-state index in [9.17, 15) is 17.6 Å². The first-order chi connectivity index (χ1) is 10.9. The van der Waals surface area contributed by atoms with Gasteiger partial charge in [0, 0.05) is 12.7 Å². The third-order valence-electron chi connectivity index (χ3n) is 3.37. The Labute approximate surface area is 141 Å². The molecule has 0 aliphatic heterocycles. The molecule has 0 spiro atoms. The van der Waals surface area contributed by atoms with E-state index in [0.717, 1.165) is 11.9 Å². The fourth-order valence-corrected chi connectivity index (χ4v) is 1.36.